The van der Waals surface area contributed by atoms with Crippen molar-refractivity contribution in [3.8, 4) is 0 Å². The molecular formula is C21H26FN3O3. The first-order valence-corrected chi connectivity index (χ1v) is 9.73. The van der Waals surface area contributed by atoms with Gasteiger partial charge in [-0.15, -0.1) is 0 Å². The van der Waals surface area contributed by atoms with Gasteiger partial charge in [-0.1, -0.05) is 0 Å². The van der Waals surface area contributed by atoms with E-state index in [9.17, 15) is 9.18 Å². The van der Waals surface area contributed by atoms with Crippen molar-refractivity contribution in [2.24, 2.45) is 0 Å². The van der Waals surface area contributed by atoms with Gasteiger partial charge in [-0.3, -0.25) is 4.79 Å². The van der Waals surface area contributed by atoms with Crippen molar-refractivity contribution in [2.75, 3.05) is 44.7 Å². The molecule has 1 saturated heterocycles. The monoisotopic (exact) mass is 387 g/mol. The van der Waals surface area contributed by atoms with Crippen LogP contribution < -0.4 is 10.2 Å². The van der Waals surface area contributed by atoms with E-state index in [0.717, 1.165) is 48.6 Å². The fourth-order valence-electron chi connectivity index (χ4n) is 3.91. The van der Waals surface area contributed by atoms with E-state index in [-0.39, 0.29) is 17.8 Å². The quantitative estimate of drug-likeness (QED) is 0.874. The van der Waals surface area contributed by atoms with E-state index in [1.54, 1.807) is 6.26 Å². The predicted molar refractivity (Wildman–Crippen MR) is 104 cm³/mol. The van der Waals surface area contributed by atoms with Crippen LogP contribution in [0, 0.1) is 5.82 Å². The Morgan fingerprint density at radius 3 is 2.82 bits per heavy atom. The van der Waals surface area contributed by atoms with E-state index < -0.39 is 0 Å². The topological polar surface area (TPSA) is 58.0 Å². The lowest BCUT2D eigenvalue weighted by Gasteiger charge is -2.36. The van der Waals surface area contributed by atoms with Gasteiger partial charge in [-0.05, 0) is 32.2 Å². The highest BCUT2D eigenvalue weighted by molar-refractivity contribution is 5.93. The standard InChI is InChI=1S/C21H26FN3O3/c1-14(23-21(26)20-17-5-10-27-12-15(17)13-28-20)18-11-16(22)3-4-19(18)25-8-6-24(2)7-9-25/h3-4,11,13-14H,5-10,12H2,1-2H3,(H,23,26). The van der Waals surface area contributed by atoms with Gasteiger partial charge in [0.25, 0.3) is 5.91 Å². The van der Waals surface area contributed by atoms with Gasteiger partial charge in [-0.25, -0.2) is 4.39 Å². The van der Waals surface area contributed by atoms with Crippen LogP contribution in [0.15, 0.2) is 28.9 Å². The van der Waals surface area contributed by atoms with Crippen LogP contribution >= 0.6 is 0 Å². The van der Waals surface area contributed by atoms with Gasteiger partial charge in [0.1, 0.15) is 5.82 Å². The third kappa shape index (κ3) is 3.77. The smallest absolute Gasteiger partial charge is 0.287 e. The third-order valence-electron chi connectivity index (χ3n) is 5.59. The minimum atomic E-state index is -0.349. The number of hydrogen-bond acceptors (Lipinski definition) is 5. The minimum Gasteiger partial charge on any atom is -0.459 e. The first-order valence-electron chi connectivity index (χ1n) is 9.73. The average Bonchev–Trinajstić information content (AvgIpc) is 3.13. The van der Waals surface area contributed by atoms with Gasteiger partial charge < -0.3 is 24.3 Å². The second kappa shape index (κ2) is 7.93. The number of nitrogens with one attached hydrogen (secondary N) is 1. The molecule has 0 spiro atoms. The van der Waals surface area contributed by atoms with Crippen molar-refractivity contribution in [3.63, 3.8) is 0 Å². The molecular weight excluding hydrogens is 361 g/mol. The van der Waals surface area contributed by atoms with Crippen LogP contribution in [0.3, 0.4) is 0 Å². The number of nitrogens with zero attached hydrogens (tertiary/aromatic N) is 2. The number of carbonyl (C=O) groups excluding carboxylic acids is 1. The van der Waals surface area contributed by atoms with E-state index in [4.69, 9.17) is 9.15 Å². The number of furan rings is 1. The molecule has 2 aliphatic heterocycles. The van der Waals surface area contributed by atoms with E-state index in [1.807, 2.05) is 13.0 Å². The summed E-state index contributed by atoms with van der Waals surface area (Å²) in [6, 6.07) is 4.46. The molecule has 2 aliphatic rings. The summed E-state index contributed by atoms with van der Waals surface area (Å²) in [6.07, 6.45) is 2.25. The number of halogens is 1. The Morgan fingerprint density at radius 1 is 1.25 bits per heavy atom. The summed E-state index contributed by atoms with van der Waals surface area (Å²) < 4.78 is 24.9. The number of rotatable bonds is 4. The average molecular weight is 387 g/mol. The van der Waals surface area contributed by atoms with Gasteiger partial charge in [0.2, 0.25) is 0 Å². The van der Waals surface area contributed by atoms with E-state index >= 15 is 0 Å². The zero-order chi connectivity index (χ0) is 19.7. The van der Waals surface area contributed by atoms with Gasteiger partial charge in [0.05, 0.1) is 25.5 Å². The Morgan fingerprint density at radius 2 is 2.04 bits per heavy atom. The Labute approximate surface area is 164 Å². The van der Waals surface area contributed by atoms with Crippen LogP contribution in [0.25, 0.3) is 0 Å². The number of carbonyl (C=O) groups is 1. The number of fused-ring (bicyclic) bond motifs is 1. The maximum Gasteiger partial charge on any atom is 0.287 e. The SMILES string of the molecule is CC(NC(=O)c1occ2c1CCOC2)c1cc(F)ccc1N1CCN(C)CC1. The summed E-state index contributed by atoms with van der Waals surface area (Å²) in [4.78, 5) is 17.3. The highest BCUT2D eigenvalue weighted by Gasteiger charge is 2.26. The zero-order valence-corrected chi connectivity index (χ0v) is 16.3. The molecule has 0 radical (unpaired) electrons. The van der Waals surface area contributed by atoms with Crippen LogP contribution in [0.4, 0.5) is 10.1 Å². The third-order valence-corrected chi connectivity index (χ3v) is 5.59. The van der Waals surface area contributed by atoms with Crippen molar-refractivity contribution in [1.29, 1.82) is 0 Å². The fraction of sp³-hybridized carbons (Fsp3) is 0.476. The van der Waals surface area contributed by atoms with Crippen molar-refractivity contribution in [3.05, 3.63) is 52.7 Å². The first-order chi connectivity index (χ1) is 13.5. The highest BCUT2D eigenvalue weighted by Crippen LogP contribution is 2.29. The summed E-state index contributed by atoms with van der Waals surface area (Å²) in [7, 11) is 2.10. The van der Waals surface area contributed by atoms with Crippen LogP contribution in [0.1, 0.15) is 40.2 Å². The van der Waals surface area contributed by atoms with Crippen LogP contribution in [-0.4, -0.2) is 50.6 Å². The van der Waals surface area contributed by atoms with Gasteiger partial charge in [0, 0.05) is 55.0 Å². The highest BCUT2D eigenvalue weighted by atomic mass is 19.1. The van der Waals surface area contributed by atoms with Gasteiger partial charge in [0.15, 0.2) is 5.76 Å². The fourth-order valence-corrected chi connectivity index (χ4v) is 3.91. The number of hydrogen-bond donors (Lipinski definition) is 1. The Bertz CT molecular complexity index is 859. The number of ether oxygens (including phenoxy) is 1. The van der Waals surface area contributed by atoms with E-state index in [1.165, 1.54) is 12.1 Å². The molecule has 0 saturated carbocycles. The second-order valence-corrected chi connectivity index (χ2v) is 7.56. The molecule has 1 unspecified atom stereocenters. The van der Waals surface area contributed by atoms with Crippen molar-refractivity contribution in [1.82, 2.24) is 10.2 Å². The minimum absolute atomic E-state index is 0.274. The van der Waals surface area contributed by atoms with Crippen molar-refractivity contribution < 1.29 is 18.3 Å². The molecule has 1 N–H and O–H groups in total. The molecule has 0 bridgehead atoms. The summed E-state index contributed by atoms with van der Waals surface area (Å²) in [6.45, 7) is 6.60. The lowest BCUT2D eigenvalue weighted by Crippen LogP contribution is -2.45. The molecule has 3 heterocycles. The largest absolute Gasteiger partial charge is 0.459 e. The molecule has 2 aromatic rings. The van der Waals surface area contributed by atoms with Crippen molar-refractivity contribution in [2.45, 2.75) is 26.0 Å². The maximum atomic E-state index is 14.0. The molecule has 1 amide bonds. The summed E-state index contributed by atoms with van der Waals surface area (Å²) in [5.41, 5.74) is 3.58. The van der Waals surface area contributed by atoms with Crippen LogP contribution in [0.2, 0.25) is 0 Å². The number of benzene rings is 1. The normalized spacial score (nSPS) is 18.6. The lowest BCUT2D eigenvalue weighted by atomic mass is 10.0. The molecule has 0 aliphatic carbocycles. The Kier molecular flexibility index (Phi) is 5.37. The molecule has 1 atom stereocenters. The summed E-state index contributed by atoms with van der Waals surface area (Å²) in [5.74, 6) is -0.242. The van der Waals surface area contributed by atoms with E-state index in [2.05, 4.69) is 22.2 Å². The molecule has 28 heavy (non-hydrogen) atoms. The number of anilines is 1. The van der Waals surface area contributed by atoms with Crippen molar-refractivity contribution >= 4 is 11.6 Å². The molecule has 1 aromatic carbocycles. The zero-order valence-electron chi connectivity index (χ0n) is 16.3. The first kappa shape index (κ1) is 19.0. The molecule has 7 heteroatoms. The molecule has 6 nitrogen and oxygen atoms in total. The molecule has 150 valence electrons. The predicted octanol–water partition coefficient (Wildman–Crippen LogP) is 2.73. The van der Waals surface area contributed by atoms with Crippen LogP contribution in [0.5, 0.6) is 0 Å². The van der Waals surface area contributed by atoms with E-state index in [0.29, 0.717) is 25.4 Å². The number of likely N-dealkylation sites (N-methyl/N-ethyl adjacent to an activating group) is 1. The molecule has 1 aromatic heterocycles. The lowest BCUT2D eigenvalue weighted by molar-refractivity contribution is 0.0906. The summed E-state index contributed by atoms with van der Waals surface area (Å²) in [5, 5.41) is 2.99. The number of piperazine rings is 1. The molecule has 4 rings (SSSR count). The van der Waals surface area contributed by atoms with Gasteiger partial charge >= 0.3 is 0 Å². The van der Waals surface area contributed by atoms with Crippen LogP contribution in [-0.2, 0) is 17.8 Å². The summed E-state index contributed by atoms with van der Waals surface area (Å²) >= 11 is 0. The second-order valence-electron chi connectivity index (χ2n) is 7.56. The Hall–Kier alpha value is -2.38. The maximum absolute atomic E-state index is 14.0. The van der Waals surface area contributed by atoms with Gasteiger partial charge in [-0.2, -0.15) is 0 Å². The molecule has 1 fully saturated rings. The number of amides is 1. The Balaban J connectivity index is 1.54.